The Hall–Kier alpha value is -7.61. The van der Waals surface area contributed by atoms with Crippen LogP contribution in [0.1, 0.15) is 51.7 Å². The fourth-order valence-electron chi connectivity index (χ4n) is 9.65. The quantitative estimate of drug-likeness (QED) is 0.115. The molecule has 6 aromatic rings. The van der Waals surface area contributed by atoms with Crippen molar-refractivity contribution in [1.29, 1.82) is 0 Å². The molecule has 19 nitrogen and oxygen atoms in total. The molecule has 6 aliphatic heterocycles. The molecular formula is C53H56F6N12O7. The molecule has 4 atom stereocenters. The van der Waals surface area contributed by atoms with Crippen molar-refractivity contribution in [3.8, 4) is 34.3 Å². The van der Waals surface area contributed by atoms with E-state index in [2.05, 4.69) is 50.3 Å². The van der Waals surface area contributed by atoms with Crippen LogP contribution in [0, 0.1) is 0 Å². The van der Waals surface area contributed by atoms with Crippen molar-refractivity contribution in [3.05, 3.63) is 109 Å². The number of hydrogen-bond acceptors (Lipinski definition) is 17. The fourth-order valence-corrected chi connectivity index (χ4v) is 9.65. The number of aromatic nitrogens is 6. The monoisotopic (exact) mass is 1090 g/mol. The van der Waals surface area contributed by atoms with E-state index in [1.54, 1.807) is 53.8 Å². The normalized spacial score (nSPS) is 21.3. The van der Waals surface area contributed by atoms with Crippen molar-refractivity contribution in [3.63, 3.8) is 0 Å². The molecule has 0 radical (unpaired) electrons. The number of urea groups is 1. The summed E-state index contributed by atoms with van der Waals surface area (Å²) in [6.07, 6.45) is -1.000. The van der Waals surface area contributed by atoms with Crippen LogP contribution in [0.5, 0.6) is 11.5 Å². The topological polar surface area (TPSA) is 210 Å². The minimum atomic E-state index is -4.50. The summed E-state index contributed by atoms with van der Waals surface area (Å²) >= 11 is 0. The number of carbonyl (C=O) groups is 1. The average molecular weight is 1090 g/mol. The maximum absolute atomic E-state index is 13.6. The largest absolute Gasteiger partial charge is 0.491 e. The zero-order valence-electron chi connectivity index (χ0n) is 42.8. The lowest BCUT2D eigenvalue weighted by molar-refractivity contribution is -0.141. The van der Waals surface area contributed by atoms with Gasteiger partial charge in [0.25, 0.3) is 0 Å². The molecule has 2 aromatic carbocycles. The van der Waals surface area contributed by atoms with E-state index in [4.69, 9.17) is 34.2 Å². The summed E-state index contributed by atoms with van der Waals surface area (Å²) in [6.45, 7) is 12.3. The van der Waals surface area contributed by atoms with Crippen LogP contribution in [0.4, 0.5) is 65.8 Å². The van der Waals surface area contributed by atoms with Gasteiger partial charge in [-0.15, -0.1) is 0 Å². The number of nitrogens with one attached hydrogen (secondary N) is 2. The molecule has 4 saturated heterocycles. The summed E-state index contributed by atoms with van der Waals surface area (Å²) in [6, 6.07) is 16.4. The van der Waals surface area contributed by atoms with Gasteiger partial charge in [0, 0.05) is 67.9 Å². The number of fused-ring (bicyclic) bond motifs is 8. The number of nitrogen functional groups attached to an aromatic ring is 1. The van der Waals surface area contributed by atoms with Gasteiger partial charge in [0.05, 0.1) is 54.2 Å². The molecule has 78 heavy (non-hydrogen) atoms. The molecule has 10 heterocycles. The molecule has 6 aliphatic rings. The molecule has 2 amide bonds. The Morgan fingerprint density at radius 2 is 1.28 bits per heavy atom. The second-order valence-corrected chi connectivity index (χ2v) is 20.1. The molecule has 0 unspecified atom stereocenters. The van der Waals surface area contributed by atoms with Gasteiger partial charge in [0.1, 0.15) is 48.6 Å². The van der Waals surface area contributed by atoms with Gasteiger partial charge in [0.15, 0.2) is 34.9 Å². The van der Waals surface area contributed by atoms with Crippen LogP contribution in [0.2, 0.25) is 0 Å². The number of hydrogen-bond donors (Lipinski definition) is 3. The second-order valence-electron chi connectivity index (χ2n) is 20.1. The predicted octanol–water partition coefficient (Wildman–Crippen LogP) is 9.08. The first-order valence-corrected chi connectivity index (χ1v) is 25.1. The molecule has 4 bridgehead atoms. The van der Waals surface area contributed by atoms with E-state index in [1.165, 1.54) is 24.4 Å². The number of ether oxygens (including phenoxy) is 6. The number of carbonyl (C=O) groups excluding carboxylic acids is 1. The summed E-state index contributed by atoms with van der Waals surface area (Å²) in [4.78, 5) is 45.1. The Balaban J connectivity index is 0.000000151. The van der Waals surface area contributed by atoms with E-state index < -0.39 is 41.1 Å². The van der Waals surface area contributed by atoms with Crippen LogP contribution in [0.3, 0.4) is 0 Å². The summed E-state index contributed by atoms with van der Waals surface area (Å²) in [7, 11) is 0. The van der Waals surface area contributed by atoms with Crippen molar-refractivity contribution in [1.82, 2.24) is 29.9 Å². The highest BCUT2D eigenvalue weighted by molar-refractivity contribution is 6.04. The first kappa shape index (κ1) is 53.8. The molecule has 4 aromatic heterocycles. The zero-order chi connectivity index (χ0) is 55.0. The maximum Gasteiger partial charge on any atom is 0.416 e. The van der Waals surface area contributed by atoms with Crippen LogP contribution < -0.4 is 40.5 Å². The van der Waals surface area contributed by atoms with Gasteiger partial charge in [-0.25, -0.2) is 34.7 Å². The van der Waals surface area contributed by atoms with E-state index in [9.17, 15) is 31.1 Å². The number of nitrogens with zero attached hydrogens (tertiary/aromatic N) is 9. The SMILES string of the molecule is CC1(C)OC[C@@H](COc2ccnc(N)c2)O1.CC1(C)OC[C@@H](COc2ccnc(NC(=O)N3c4nc(-c5cccc(C(F)(F)F)c5)ncc4N4CC[C@H]3C4)c2)O1.FC(F)(F)c1cccc(-c2ncc3c(n2)N[C@H]2CCN3C2)c1. The van der Waals surface area contributed by atoms with Gasteiger partial charge in [0.2, 0.25) is 0 Å². The number of halogens is 6. The summed E-state index contributed by atoms with van der Waals surface area (Å²) < 4.78 is 112. The van der Waals surface area contributed by atoms with Gasteiger partial charge in [-0.3, -0.25) is 10.2 Å². The summed E-state index contributed by atoms with van der Waals surface area (Å²) in [5.74, 6) is 2.20. The zero-order valence-corrected chi connectivity index (χ0v) is 42.8. The molecule has 25 heteroatoms. The van der Waals surface area contributed by atoms with E-state index in [0.717, 1.165) is 49.5 Å². The molecule has 0 aliphatic carbocycles. The van der Waals surface area contributed by atoms with E-state index in [0.29, 0.717) is 91.4 Å². The Labute approximate surface area is 444 Å². The number of amides is 2. The molecule has 4 fully saturated rings. The number of anilines is 6. The molecule has 0 spiro atoms. The lowest BCUT2D eigenvalue weighted by Gasteiger charge is -2.35. The summed E-state index contributed by atoms with van der Waals surface area (Å²) in [5, 5.41) is 6.15. The molecule has 4 N–H and O–H groups in total. The van der Waals surface area contributed by atoms with Gasteiger partial charge in [-0.05, 0) is 76.9 Å². The highest BCUT2D eigenvalue weighted by Crippen LogP contribution is 2.41. The fraction of sp³-hybridized carbons (Fsp3) is 0.415. The number of nitrogens with two attached hydrogens (primary N) is 1. The highest BCUT2D eigenvalue weighted by atomic mass is 19.4. The number of alkyl halides is 6. The number of benzene rings is 2. The van der Waals surface area contributed by atoms with Gasteiger partial charge in [-0.1, -0.05) is 24.3 Å². The molecular weight excluding hydrogens is 1030 g/mol. The van der Waals surface area contributed by atoms with Crippen LogP contribution in [-0.4, -0.2) is 124 Å². The first-order valence-electron chi connectivity index (χ1n) is 25.1. The number of pyridine rings is 2. The van der Waals surface area contributed by atoms with Gasteiger partial charge in [-0.2, -0.15) is 26.3 Å². The van der Waals surface area contributed by atoms with Crippen molar-refractivity contribution < 1.29 is 59.6 Å². The number of rotatable bonds is 9. The Bertz CT molecular complexity index is 3130. The third-order valence-electron chi connectivity index (χ3n) is 13.3. The van der Waals surface area contributed by atoms with Gasteiger partial charge < -0.3 is 49.3 Å². The van der Waals surface area contributed by atoms with Crippen molar-refractivity contribution in [2.24, 2.45) is 0 Å². The minimum absolute atomic E-state index is 0.0376. The van der Waals surface area contributed by atoms with Crippen molar-refractivity contribution in [2.75, 3.05) is 83.7 Å². The van der Waals surface area contributed by atoms with Crippen LogP contribution in [0.25, 0.3) is 22.8 Å². The average Bonchev–Trinajstić information content (AvgIpc) is 4.33. The van der Waals surface area contributed by atoms with E-state index >= 15 is 0 Å². The molecule has 412 valence electrons. The highest BCUT2D eigenvalue weighted by Gasteiger charge is 2.42. The Morgan fingerprint density at radius 1 is 0.718 bits per heavy atom. The lowest BCUT2D eigenvalue weighted by Crippen LogP contribution is -2.48. The van der Waals surface area contributed by atoms with Crippen LogP contribution in [-0.2, 0) is 31.3 Å². The van der Waals surface area contributed by atoms with Crippen LogP contribution >= 0.6 is 0 Å². The van der Waals surface area contributed by atoms with Crippen molar-refractivity contribution >= 4 is 40.7 Å². The van der Waals surface area contributed by atoms with Crippen LogP contribution in [0.15, 0.2) is 97.6 Å². The molecule has 0 saturated carbocycles. The maximum atomic E-state index is 13.6. The lowest BCUT2D eigenvalue weighted by atomic mass is 10.1. The van der Waals surface area contributed by atoms with E-state index in [-0.39, 0.29) is 42.1 Å². The van der Waals surface area contributed by atoms with E-state index in [1.807, 2.05) is 27.7 Å². The Morgan fingerprint density at radius 3 is 1.87 bits per heavy atom. The van der Waals surface area contributed by atoms with Crippen molar-refractivity contribution in [2.45, 2.75) is 88.8 Å². The second kappa shape index (κ2) is 21.7. The third kappa shape index (κ3) is 12.7. The minimum Gasteiger partial charge on any atom is -0.491 e. The third-order valence-corrected chi connectivity index (χ3v) is 13.3. The Kier molecular flexibility index (Phi) is 14.9. The predicted molar refractivity (Wildman–Crippen MR) is 275 cm³/mol. The van der Waals surface area contributed by atoms with Gasteiger partial charge >= 0.3 is 18.4 Å². The smallest absolute Gasteiger partial charge is 0.416 e. The summed E-state index contributed by atoms with van der Waals surface area (Å²) in [5.41, 5.74) is 6.19. The standard InChI is InChI=1S/C27H27F3N6O4.C15H13F3N4.C11H16N2O3/c1-26(2)39-15-20(40-26)14-38-19-6-8-31-22(11-19)33-25(37)36-18-7-9-35(13-18)21-12-32-23(34-24(21)36)16-4-3-5-17(10-16)27(28,29)30;16-15(17,18)10-3-1-2-9(6-10)13-19-7-12-14(21-13)20-11-4-5-22(12)8-11;1-11(2)15-7-9(16-11)6-14-8-3-4-13-10(12)5-8/h3-6,8,10-12,18,20H,7,9,13-15H2,1-2H3,(H,31,33,37);1-3,6-7,11H,4-5,8H2,(H,19,20,21);3-5,9H,6-7H2,1-2H3,(H2,12,13)/t18-,20+;11-;9-/m001/s1. The first-order chi connectivity index (χ1) is 37.1. The molecule has 12 rings (SSSR count).